The monoisotopic (exact) mass is 224 g/mol. The van der Waals surface area contributed by atoms with Gasteiger partial charge in [-0.25, -0.2) is 0 Å². The highest BCUT2D eigenvalue weighted by molar-refractivity contribution is 6.07. The second-order valence-electron chi connectivity index (χ2n) is 3.82. The highest BCUT2D eigenvalue weighted by Gasteiger charge is 1.97. The Labute approximate surface area is 101 Å². The van der Waals surface area contributed by atoms with Gasteiger partial charge in [-0.1, -0.05) is 60.7 Å². The second kappa shape index (κ2) is 5.46. The van der Waals surface area contributed by atoms with Gasteiger partial charge in [0.05, 0.1) is 0 Å². The lowest BCUT2D eigenvalue weighted by Crippen LogP contribution is -1.75. The number of benzene rings is 3. The van der Waals surface area contributed by atoms with E-state index in [2.05, 4.69) is 60.7 Å². The lowest BCUT2D eigenvalue weighted by Gasteiger charge is -2.02. The fourth-order valence-corrected chi connectivity index (χ4v) is 1.95. The predicted molar refractivity (Wildman–Crippen MR) is 74.2 cm³/mol. The SMILES string of the molecule is CCO.c1ccc2c(c1)ccc1ccccc12. The molecule has 86 valence electrons. The average Bonchev–Trinajstić information content (AvgIpc) is 2.40. The van der Waals surface area contributed by atoms with Crippen LogP contribution in [0.5, 0.6) is 0 Å². The first-order valence-electron chi connectivity index (χ1n) is 5.84. The van der Waals surface area contributed by atoms with Crippen LogP contribution in [0.15, 0.2) is 60.7 Å². The quantitative estimate of drug-likeness (QED) is 0.572. The average molecular weight is 224 g/mol. The Morgan fingerprint density at radius 2 is 1.06 bits per heavy atom. The smallest absolute Gasteiger partial charge is 0.0402 e. The van der Waals surface area contributed by atoms with Crippen molar-refractivity contribution >= 4 is 21.5 Å². The van der Waals surface area contributed by atoms with Gasteiger partial charge in [0.15, 0.2) is 0 Å². The third-order valence-corrected chi connectivity index (χ3v) is 2.65. The summed E-state index contributed by atoms with van der Waals surface area (Å²) >= 11 is 0. The van der Waals surface area contributed by atoms with Crippen molar-refractivity contribution in [1.29, 1.82) is 0 Å². The molecular weight excluding hydrogens is 208 g/mol. The first kappa shape index (κ1) is 11.6. The number of aliphatic hydroxyl groups excluding tert-OH is 1. The molecule has 0 aromatic heterocycles. The third-order valence-electron chi connectivity index (χ3n) is 2.65. The molecular formula is C16H16O. The zero-order valence-corrected chi connectivity index (χ0v) is 9.93. The highest BCUT2D eigenvalue weighted by atomic mass is 16.2. The molecule has 0 atom stereocenters. The van der Waals surface area contributed by atoms with Gasteiger partial charge >= 0.3 is 0 Å². The summed E-state index contributed by atoms with van der Waals surface area (Å²) in [4.78, 5) is 0. The minimum atomic E-state index is 0.250. The van der Waals surface area contributed by atoms with Crippen molar-refractivity contribution in [2.45, 2.75) is 6.92 Å². The van der Waals surface area contributed by atoms with Crippen LogP contribution in [0, 0.1) is 0 Å². The second-order valence-corrected chi connectivity index (χ2v) is 3.82. The van der Waals surface area contributed by atoms with E-state index in [9.17, 15) is 0 Å². The van der Waals surface area contributed by atoms with E-state index in [4.69, 9.17) is 5.11 Å². The number of aliphatic hydroxyl groups is 1. The third kappa shape index (κ3) is 2.45. The molecule has 0 saturated carbocycles. The standard InChI is InChI=1S/C14H10.C2H6O/c1-3-7-13-11(5-1)9-10-12-6-2-4-8-14(12)13;1-2-3/h1-10H;3H,2H2,1H3. The van der Waals surface area contributed by atoms with E-state index in [1.54, 1.807) is 6.92 Å². The number of hydrogen-bond donors (Lipinski definition) is 1. The minimum absolute atomic E-state index is 0.250. The van der Waals surface area contributed by atoms with E-state index >= 15 is 0 Å². The molecule has 0 aliphatic heterocycles. The van der Waals surface area contributed by atoms with E-state index in [1.165, 1.54) is 21.5 Å². The summed E-state index contributed by atoms with van der Waals surface area (Å²) in [5.41, 5.74) is 0. The largest absolute Gasteiger partial charge is 0.397 e. The zero-order valence-electron chi connectivity index (χ0n) is 9.93. The Bertz CT molecular complexity index is 559. The molecule has 3 aromatic carbocycles. The Morgan fingerprint density at radius 1 is 0.706 bits per heavy atom. The Morgan fingerprint density at radius 3 is 1.47 bits per heavy atom. The maximum Gasteiger partial charge on any atom is 0.0402 e. The van der Waals surface area contributed by atoms with Crippen molar-refractivity contribution in [2.24, 2.45) is 0 Å². The minimum Gasteiger partial charge on any atom is -0.397 e. The van der Waals surface area contributed by atoms with Gasteiger partial charge in [0.25, 0.3) is 0 Å². The molecule has 1 heteroatoms. The number of rotatable bonds is 0. The van der Waals surface area contributed by atoms with Gasteiger partial charge in [-0.15, -0.1) is 0 Å². The molecule has 0 aliphatic carbocycles. The van der Waals surface area contributed by atoms with E-state index < -0.39 is 0 Å². The summed E-state index contributed by atoms with van der Waals surface area (Å²) in [5.74, 6) is 0. The molecule has 0 unspecified atom stereocenters. The van der Waals surface area contributed by atoms with Crippen LogP contribution < -0.4 is 0 Å². The molecule has 0 amide bonds. The molecule has 3 aromatic rings. The first-order valence-corrected chi connectivity index (χ1v) is 5.84. The maximum atomic E-state index is 7.57. The molecule has 0 heterocycles. The molecule has 1 N–H and O–H groups in total. The first-order chi connectivity index (χ1) is 8.36. The number of fused-ring (bicyclic) bond motifs is 3. The van der Waals surface area contributed by atoms with Crippen LogP contribution in [0.25, 0.3) is 21.5 Å². The van der Waals surface area contributed by atoms with Gasteiger partial charge in [0.1, 0.15) is 0 Å². The van der Waals surface area contributed by atoms with Crippen LogP contribution in [-0.4, -0.2) is 11.7 Å². The van der Waals surface area contributed by atoms with Crippen molar-refractivity contribution in [3.63, 3.8) is 0 Å². The van der Waals surface area contributed by atoms with Crippen molar-refractivity contribution in [3.05, 3.63) is 60.7 Å². The molecule has 1 nitrogen and oxygen atoms in total. The van der Waals surface area contributed by atoms with Gasteiger partial charge in [0, 0.05) is 6.61 Å². The van der Waals surface area contributed by atoms with Crippen molar-refractivity contribution in [2.75, 3.05) is 6.61 Å². The summed E-state index contributed by atoms with van der Waals surface area (Å²) in [6.07, 6.45) is 0. The normalized spacial score (nSPS) is 10.0. The highest BCUT2D eigenvalue weighted by Crippen LogP contribution is 2.24. The van der Waals surface area contributed by atoms with Crippen LogP contribution in [0.2, 0.25) is 0 Å². The summed E-state index contributed by atoms with van der Waals surface area (Å²) < 4.78 is 0. The van der Waals surface area contributed by atoms with Gasteiger partial charge in [-0.05, 0) is 28.5 Å². The Hall–Kier alpha value is -1.86. The van der Waals surface area contributed by atoms with E-state index in [-0.39, 0.29) is 6.61 Å². The Balaban J connectivity index is 0.000000329. The van der Waals surface area contributed by atoms with Crippen LogP contribution >= 0.6 is 0 Å². The maximum absolute atomic E-state index is 7.57. The lowest BCUT2D eigenvalue weighted by molar-refractivity contribution is 0.318. The van der Waals surface area contributed by atoms with Crippen LogP contribution in [0.1, 0.15) is 6.92 Å². The van der Waals surface area contributed by atoms with Gasteiger partial charge in [0.2, 0.25) is 0 Å². The molecule has 0 aliphatic rings. The van der Waals surface area contributed by atoms with Crippen molar-refractivity contribution < 1.29 is 5.11 Å². The lowest BCUT2D eigenvalue weighted by atomic mass is 10.0. The Kier molecular flexibility index (Phi) is 3.73. The van der Waals surface area contributed by atoms with Crippen molar-refractivity contribution in [3.8, 4) is 0 Å². The van der Waals surface area contributed by atoms with Crippen molar-refractivity contribution in [1.82, 2.24) is 0 Å². The molecule has 0 spiro atoms. The molecule has 0 fully saturated rings. The van der Waals surface area contributed by atoms with Gasteiger partial charge in [-0.3, -0.25) is 0 Å². The summed E-state index contributed by atoms with van der Waals surface area (Å²) in [5, 5.41) is 12.9. The topological polar surface area (TPSA) is 20.2 Å². The molecule has 3 rings (SSSR count). The fourth-order valence-electron chi connectivity index (χ4n) is 1.95. The van der Waals surface area contributed by atoms with Gasteiger partial charge in [-0.2, -0.15) is 0 Å². The van der Waals surface area contributed by atoms with Crippen LogP contribution in [0.3, 0.4) is 0 Å². The summed E-state index contributed by atoms with van der Waals surface area (Å²) in [6.45, 7) is 1.93. The van der Waals surface area contributed by atoms with E-state index in [1.807, 2.05) is 0 Å². The fraction of sp³-hybridized carbons (Fsp3) is 0.125. The molecule has 0 radical (unpaired) electrons. The zero-order chi connectivity index (χ0) is 12.1. The summed E-state index contributed by atoms with van der Waals surface area (Å²) in [7, 11) is 0. The number of hydrogen-bond acceptors (Lipinski definition) is 1. The van der Waals surface area contributed by atoms with Crippen LogP contribution in [0.4, 0.5) is 0 Å². The molecule has 0 bridgehead atoms. The van der Waals surface area contributed by atoms with Crippen LogP contribution in [-0.2, 0) is 0 Å². The molecule has 0 saturated heterocycles. The van der Waals surface area contributed by atoms with Gasteiger partial charge < -0.3 is 5.11 Å². The predicted octanol–water partition coefficient (Wildman–Crippen LogP) is 3.99. The summed E-state index contributed by atoms with van der Waals surface area (Å²) in [6, 6.07) is 21.4. The van der Waals surface area contributed by atoms with E-state index in [0.29, 0.717) is 0 Å². The molecule has 17 heavy (non-hydrogen) atoms. The van der Waals surface area contributed by atoms with E-state index in [0.717, 1.165) is 0 Å².